The number of aliphatic hydroxyl groups is 1. The van der Waals surface area contributed by atoms with Crippen molar-refractivity contribution < 1.29 is 18.6 Å². The number of rotatable bonds is 5. The van der Waals surface area contributed by atoms with Crippen molar-refractivity contribution in [3.8, 4) is 5.75 Å². The molecule has 2 nitrogen and oxygen atoms in total. The third-order valence-corrected chi connectivity index (χ3v) is 3.17. The van der Waals surface area contributed by atoms with Crippen molar-refractivity contribution >= 4 is 0 Å². The second-order valence-corrected chi connectivity index (χ2v) is 4.56. The Kier molecular flexibility index (Phi) is 4.69. The van der Waals surface area contributed by atoms with Crippen LogP contribution >= 0.6 is 0 Å². The van der Waals surface area contributed by atoms with Crippen LogP contribution in [0.3, 0.4) is 0 Å². The molecule has 0 spiro atoms. The lowest BCUT2D eigenvalue weighted by Crippen LogP contribution is -2.09. The molecule has 0 aliphatic carbocycles. The molecule has 0 saturated heterocycles. The number of ether oxygens (including phenoxy) is 1. The summed E-state index contributed by atoms with van der Waals surface area (Å²) in [5.41, 5.74) is 2.40. The second-order valence-electron chi connectivity index (χ2n) is 4.56. The van der Waals surface area contributed by atoms with Gasteiger partial charge in [0.1, 0.15) is 5.75 Å². The smallest absolute Gasteiger partial charge is 0.387 e. The van der Waals surface area contributed by atoms with E-state index in [0.717, 1.165) is 11.1 Å². The Hall–Kier alpha value is -1.94. The van der Waals surface area contributed by atoms with Crippen molar-refractivity contribution in [1.82, 2.24) is 0 Å². The summed E-state index contributed by atoms with van der Waals surface area (Å²) in [5.74, 6) is 0.0172. The van der Waals surface area contributed by atoms with Gasteiger partial charge < -0.3 is 9.84 Å². The Morgan fingerprint density at radius 3 is 2.40 bits per heavy atom. The normalized spacial score (nSPS) is 12.4. The van der Waals surface area contributed by atoms with Crippen LogP contribution in [0.4, 0.5) is 8.78 Å². The maximum atomic E-state index is 12.4. The number of para-hydroxylation sites is 1. The monoisotopic (exact) mass is 278 g/mol. The zero-order valence-electron chi connectivity index (χ0n) is 11.1. The third-order valence-electron chi connectivity index (χ3n) is 3.17. The Balaban J connectivity index is 2.21. The van der Waals surface area contributed by atoms with Crippen LogP contribution in [0.25, 0.3) is 0 Å². The quantitative estimate of drug-likeness (QED) is 0.899. The molecule has 0 aliphatic rings. The lowest BCUT2D eigenvalue weighted by molar-refractivity contribution is -0.0515. The predicted molar refractivity (Wildman–Crippen MR) is 72.9 cm³/mol. The van der Waals surface area contributed by atoms with Crippen LogP contribution in [-0.2, 0) is 6.42 Å². The first kappa shape index (κ1) is 14.5. The fourth-order valence-electron chi connectivity index (χ4n) is 2.12. The number of hydrogen-bond acceptors (Lipinski definition) is 2. The highest BCUT2D eigenvalue weighted by molar-refractivity contribution is 5.37. The molecule has 2 aromatic carbocycles. The van der Waals surface area contributed by atoms with E-state index in [1.807, 2.05) is 31.2 Å². The van der Waals surface area contributed by atoms with Gasteiger partial charge in [0.05, 0.1) is 6.10 Å². The predicted octanol–water partition coefficient (Wildman–Crippen LogP) is 3.87. The van der Waals surface area contributed by atoms with Gasteiger partial charge in [0.2, 0.25) is 0 Å². The molecule has 1 unspecified atom stereocenters. The highest BCUT2D eigenvalue weighted by atomic mass is 19.3. The molecular weight excluding hydrogens is 262 g/mol. The van der Waals surface area contributed by atoms with Crippen LogP contribution < -0.4 is 4.74 Å². The van der Waals surface area contributed by atoms with E-state index in [4.69, 9.17) is 0 Å². The molecule has 0 bridgehead atoms. The van der Waals surface area contributed by atoms with Gasteiger partial charge in [0, 0.05) is 12.0 Å². The van der Waals surface area contributed by atoms with E-state index >= 15 is 0 Å². The molecule has 1 atom stereocenters. The third kappa shape index (κ3) is 3.54. The van der Waals surface area contributed by atoms with Crippen LogP contribution in [0.15, 0.2) is 48.5 Å². The van der Waals surface area contributed by atoms with E-state index < -0.39 is 12.7 Å². The molecule has 0 saturated carbocycles. The minimum Gasteiger partial charge on any atom is -0.434 e. The second kappa shape index (κ2) is 6.48. The van der Waals surface area contributed by atoms with Crippen molar-refractivity contribution in [2.45, 2.75) is 26.1 Å². The molecule has 0 fully saturated rings. The molecule has 20 heavy (non-hydrogen) atoms. The summed E-state index contributed by atoms with van der Waals surface area (Å²) in [4.78, 5) is 0. The lowest BCUT2D eigenvalue weighted by Gasteiger charge is -2.16. The van der Waals surface area contributed by atoms with Crippen molar-refractivity contribution in [3.05, 3.63) is 65.2 Å². The van der Waals surface area contributed by atoms with Crippen molar-refractivity contribution in [2.75, 3.05) is 0 Å². The van der Waals surface area contributed by atoms with Crippen LogP contribution in [0.1, 0.15) is 22.8 Å². The Labute approximate surface area is 116 Å². The van der Waals surface area contributed by atoms with Crippen molar-refractivity contribution in [3.63, 3.8) is 0 Å². The van der Waals surface area contributed by atoms with Crippen LogP contribution in [-0.4, -0.2) is 11.7 Å². The molecule has 2 aromatic rings. The first-order valence-electron chi connectivity index (χ1n) is 6.34. The number of hydrogen-bond donors (Lipinski definition) is 1. The summed E-state index contributed by atoms with van der Waals surface area (Å²) in [5, 5.41) is 10.3. The summed E-state index contributed by atoms with van der Waals surface area (Å²) in [7, 11) is 0. The zero-order valence-corrected chi connectivity index (χ0v) is 11.1. The molecule has 0 heterocycles. The summed E-state index contributed by atoms with van der Waals surface area (Å²) in [6.45, 7) is -0.953. The van der Waals surface area contributed by atoms with E-state index in [0.29, 0.717) is 12.0 Å². The van der Waals surface area contributed by atoms with Gasteiger partial charge in [-0.2, -0.15) is 8.78 Å². The molecule has 2 rings (SSSR count). The van der Waals surface area contributed by atoms with E-state index in [9.17, 15) is 13.9 Å². The molecule has 106 valence electrons. The SMILES string of the molecule is Cc1ccccc1CC(O)c1ccccc1OC(F)F. The zero-order chi connectivity index (χ0) is 14.5. The first-order chi connectivity index (χ1) is 9.58. The average molecular weight is 278 g/mol. The number of benzene rings is 2. The van der Waals surface area contributed by atoms with Gasteiger partial charge in [-0.25, -0.2) is 0 Å². The van der Waals surface area contributed by atoms with Gasteiger partial charge in [-0.15, -0.1) is 0 Å². The van der Waals surface area contributed by atoms with Crippen LogP contribution in [0.2, 0.25) is 0 Å². The van der Waals surface area contributed by atoms with Gasteiger partial charge in [-0.1, -0.05) is 42.5 Å². The highest BCUT2D eigenvalue weighted by Gasteiger charge is 2.16. The van der Waals surface area contributed by atoms with Crippen molar-refractivity contribution in [2.24, 2.45) is 0 Å². The Morgan fingerprint density at radius 1 is 1.05 bits per heavy atom. The van der Waals surface area contributed by atoms with E-state index in [-0.39, 0.29) is 5.75 Å². The van der Waals surface area contributed by atoms with Gasteiger partial charge in [-0.3, -0.25) is 0 Å². The Morgan fingerprint density at radius 2 is 1.70 bits per heavy atom. The van der Waals surface area contributed by atoms with Crippen LogP contribution in [0, 0.1) is 6.92 Å². The number of aliphatic hydroxyl groups excluding tert-OH is 1. The first-order valence-corrected chi connectivity index (χ1v) is 6.34. The Bertz CT molecular complexity index is 570. The molecule has 0 radical (unpaired) electrons. The maximum Gasteiger partial charge on any atom is 0.387 e. The minimum atomic E-state index is -2.90. The van der Waals surface area contributed by atoms with Gasteiger partial charge in [0.15, 0.2) is 0 Å². The standard InChI is InChI=1S/C16H16F2O2/c1-11-6-2-3-7-12(11)10-14(19)13-8-4-5-9-15(13)20-16(17)18/h2-9,14,16,19H,10H2,1H3. The van der Waals surface area contributed by atoms with E-state index in [2.05, 4.69) is 4.74 Å². The molecule has 1 N–H and O–H groups in total. The summed E-state index contributed by atoms with van der Waals surface area (Å²) in [6, 6.07) is 14.0. The number of alkyl halides is 2. The molecule has 0 aromatic heterocycles. The number of aryl methyl sites for hydroxylation is 1. The van der Waals surface area contributed by atoms with Gasteiger partial charge in [0.25, 0.3) is 0 Å². The fraction of sp³-hybridized carbons (Fsp3) is 0.250. The van der Waals surface area contributed by atoms with Crippen molar-refractivity contribution in [1.29, 1.82) is 0 Å². The van der Waals surface area contributed by atoms with Crippen LogP contribution in [0.5, 0.6) is 5.75 Å². The summed E-state index contributed by atoms with van der Waals surface area (Å²) in [6.07, 6.45) is -0.526. The molecular formula is C16H16F2O2. The average Bonchev–Trinajstić information content (AvgIpc) is 2.41. The lowest BCUT2D eigenvalue weighted by atomic mass is 9.98. The molecule has 4 heteroatoms. The van der Waals surface area contributed by atoms with Gasteiger partial charge >= 0.3 is 6.61 Å². The van der Waals surface area contributed by atoms with Gasteiger partial charge in [-0.05, 0) is 24.1 Å². The highest BCUT2D eigenvalue weighted by Crippen LogP contribution is 2.29. The maximum absolute atomic E-state index is 12.4. The van der Waals surface area contributed by atoms with E-state index in [1.54, 1.807) is 18.2 Å². The van der Waals surface area contributed by atoms with E-state index in [1.165, 1.54) is 6.07 Å². The fourth-order valence-corrected chi connectivity index (χ4v) is 2.12. The molecule has 0 aliphatic heterocycles. The molecule has 0 amide bonds. The number of halogens is 2. The summed E-state index contributed by atoms with van der Waals surface area (Å²) >= 11 is 0. The summed E-state index contributed by atoms with van der Waals surface area (Å²) < 4.78 is 29.1. The topological polar surface area (TPSA) is 29.5 Å². The largest absolute Gasteiger partial charge is 0.434 e. The minimum absolute atomic E-state index is 0.0172.